The number of aromatic amines is 1. The molecule has 1 amide bonds. The normalized spacial score (nSPS) is 25.7. The van der Waals surface area contributed by atoms with Crippen LogP contribution in [0.2, 0.25) is 0 Å². The molecule has 1 fully saturated rings. The summed E-state index contributed by atoms with van der Waals surface area (Å²) >= 11 is 0. The van der Waals surface area contributed by atoms with Crippen LogP contribution in [0.15, 0.2) is 42.7 Å². The van der Waals surface area contributed by atoms with E-state index in [-0.39, 0.29) is 23.3 Å². The van der Waals surface area contributed by atoms with Crippen molar-refractivity contribution in [2.24, 2.45) is 5.92 Å². The number of rotatable bonds is 2. The summed E-state index contributed by atoms with van der Waals surface area (Å²) in [5.74, 6) is -0.605. The van der Waals surface area contributed by atoms with Gasteiger partial charge in [-0.25, -0.2) is 9.78 Å². The molecule has 2 aromatic carbocycles. The van der Waals surface area contributed by atoms with Gasteiger partial charge in [0.1, 0.15) is 0 Å². The van der Waals surface area contributed by atoms with Crippen molar-refractivity contribution in [1.29, 1.82) is 0 Å². The third-order valence-corrected chi connectivity index (χ3v) is 7.18. The molecule has 29 heavy (non-hydrogen) atoms. The molecular formula is C23H23N3O3. The van der Waals surface area contributed by atoms with Gasteiger partial charge in [-0.05, 0) is 65.6 Å². The highest BCUT2D eigenvalue weighted by molar-refractivity contribution is 5.97. The number of aromatic nitrogens is 2. The van der Waals surface area contributed by atoms with E-state index in [1.54, 1.807) is 12.4 Å². The fraction of sp³-hybridized carbons (Fsp3) is 0.348. The molecule has 2 unspecified atom stereocenters. The summed E-state index contributed by atoms with van der Waals surface area (Å²) in [5.41, 5.74) is 4.87. The molecule has 6 nitrogen and oxygen atoms in total. The van der Waals surface area contributed by atoms with Crippen molar-refractivity contribution in [1.82, 2.24) is 14.9 Å². The van der Waals surface area contributed by atoms with Gasteiger partial charge in [-0.3, -0.25) is 4.79 Å². The molecule has 0 saturated carbocycles. The van der Waals surface area contributed by atoms with Crippen LogP contribution >= 0.6 is 0 Å². The summed E-state index contributed by atoms with van der Waals surface area (Å²) in [6.45, 7) is 5.08. The lowest BCUT2D eigenvalue weighted by molar-refractivity contribution is 0.0250. The summed E-state index contributed by atoms with van der Waals surface area (Å²) < 4.78 is 0. The number of nitrogens with zero attached hydrogens (tertiary/aromatic N) is 2. The zero-order chi connectivity index (χ0) is 20.3. The highest BCUT2D eigenvalue weighted by Crippen LogP contribution is 2.49. The fourth-order valence-corrected chi connectivity index (χ4v) is 5.24. The maximum atomic E-state index is 13.4. The number of imidazole rings is 1. The first-order chi connectivity index (χ1) is 13.9. The van der Waals surface area contributed by atoms with Gasteiger partial charge in [-0.2, -0.15) is 0 Å². The minimum absolute atomic E-state index is 0.0472. The second-order valence-electron chi connectivity index (χ2n) is 8.54. The van der Waals surface area contributed by atoms with E-state index in [2.05, 4.69) is 23.8 Å². The monoisotopic (exact) mass is 389 g/mol. The number of benzene rings is 2. The molecule has 2 heterocycles. The number of likely N-dealkylation sites (tertiary alicyclic amines) is 1. The zero-order valence-corrected chi connectivity index (χ0v) is 16.5. The standard InChI is InChI=1S/C23H23N3O3/c1-13-20-11-14-3-4-16(22(28)29)9-17(14)23(13,2)7-8-26(20)21(27)15-5-6-18-19(10-15)25-12-24-18/h3-6,9-10,12-13,20H,7-8,11H2,1-2H3,(H,24,25)(H,28,29)/t13?,20-,23?/m0/s1. The van der Waals surface area contributed by atoms with Gasteiger partial charge in [0.25, 0.3) is 5.91 Å². The van der Waals surface area contributed by atoms with Crippen molar-refractivity contribution >= 4 is 22.9 Å². The molecule has 1 aliphatic heterocycles. The number of hydrogen-bond acceptors (Lipinski definition) is 3. The van der Waals surface area contributed by atoms with E-state index in [1.165, 1.54) is 0 Å². The van der Waals surface area contributed by atoms with E-state index >= 15 is 0 Å². The third-order valence-electron chi connectivity index (χ3n) is 7.18. The SMILES string of the molecule is CC1[C@@H]2Cc3ccc(C(=O)O)cc3C1(C)CCN2C(=O)c1ccc2nc[nH]c2c1. The minimum atomic E-state index is -0.895. The first-order valence-corrected chi connectivity index (χ1v) is 9.99. The number of H-pyrrole nitrogens is 1. The lowest BCUT2D eigenvalue weighted by Gasteiger charge is -2.54. The lowest BCUT2D eigenvalue weighted by atomic mass is 9.59. The number of carbonyl (C=O) groups excluding carboxylic acids is 1. The molecule has 2 bridgehead atoms. The van der Waals surface area contributed by atoms with Crippen LogP contribution in [0.25, 0.3) is 11.0 Å². The number of carboxylic acid groups (broad SMARTS) is 1. The van der Waals surface area contributed by atoms with Gasteiger partial charge in [0, 0.05) is 18.2 Å². The molecule has 2 N–H and O–H groups in total. The number of amides is 1. The average Bonchev–Trinajstić information content (AvgIpc) is 3.18. The van der Waals surface area contributed by atoms with Crippen LogP contribution in [0.3, 0.4) is 0 Å². The van der Waals surface area contributed by atoms with Gasteiger partial charge < -0.3 is 15.0 Å². The minimum Gasteiger partial charge on any atom is -0.478 e. The van der Waals surface area contributed by atoms with Crippen molar-refractivity contribution in [2.45, 2.75) is 38.1 Å². The van der Waals surface area contributed by atoms with Crippen molar-refractivity contribution in [3.05, 3.63) is 65.0 Å². The Morgan fingerprint density at radius 1 is 1.21 bits per heavy atom. The van der Waals surface area contributed by atoms with Crippen molar-refractivity contribution in [3.63, 3.8) is 0 Å². The Kier molecular flexibility index (Phi) is 3.81. The first-order valence-electron chi connectivity index (χ1n) is 9.99. The predicted molar refractivity (Wildman–Crippen MR) is 109 cm³/mol. The van der Waals surface area contributed by atoms with E-state index < -0.39 is 5.97 Å². The molecule has 1 aliphatic carbocycles. The molecule has 1 saturated heterocycles. The van der Waals surface area contributed by atoms with Crippen LogP contribution in [0.4, 0.5) is 0 Å². The molecule has 2 aliphatic rings. The van der Waals surface area contributed by atoms with Gasteiger partial charge >= 0.3 is 5.97 Å². The Labute approximate surface area is 168 Å². The van der Waals surface area contributed by atoms with Crippen molar-refractivity contribution < 1.29 is 14.7 Å². The Bertz CT molecular complexity index is 1150. The molecule has 1 aromatic heterocycles. The topological polar surface area (TPSA) is 86.3 Å². The lowest BCUT2D eigenvalue weighted by Crippen LogP contribution is -2.59. The fourth-order valence-electron chi connectivity index (χ4n) is 5.24. The zero-order valence-electron chi connectivity index (χ0n) is 16.5. The van der Waals surface area contributed by atoms with Gasteiger partial charge in [-0.15, -0.1) is 0 Å². The second-order valence-corrected chi connectivity index (χ2v) is 8.54. The summed E-state index contributed by atoms with van der Waals surface area (Å²) in [5, 5.41) is 9.40. The number of carboxylic acids is 1. The van der Waals surface area contributed by atoms with E-state index in [1.807, 2.05) is 35.2 Å². The molecule has 6 heteroatoms. The Hall–Kier alpha value is -3.15. The maximum absolute atomic E-state index is 13.4. The van der Waals surface area contributed by atoms with Crippen LogP contribution in [0.5, 0.6) is 0 Å². The van der Waals surface area contributed by atoms with Gasteiger partial charge in [-0.1, -0.05) is 19.9 Å². The highest BCUT2D eigenvalue weighted by Gasteiger charge is 2.49. The van der Waals surface area contributed by atoms with Gasteiger partial charge in [0.05, 0.1) is 22.9 Å². The largest absolute Gasteiger partial charge is 0.478 e. The smallest absolute Gasteiger partial charge is 0.335 e. The van der Waals surface area contributed by atoms with E-state index in [4.69, 9.17) is 0 Å². The number of hydrogen-bond donors (Lipinski definition) is 2. The van der Waals surface area contributed by atoms with Crippen molar-refractivity contribution in [2.75, 3.05) is 6.54 Å². The van der Waals surface area contributed by atoms with Crippen LogP contribution in [0, 0.1) is 5.92 Å². The van der Waals surface area contributed by atoms with Crippen LogP contribution in [-0.2, 0) is 11.8 Å². The number of aromatic carboxylic acids is 1. The van der Waals surface area contributed by atoms with Crippen LogP contribution < -0.4 is 0 Å². The predicted octanol–water partition coefficient (Wildman–Crippen LogP) is 3.63. The Morgan fingerprint density at radius 3 is 2.79 bits per heavy atom. The Balaban J connectivity index is 1.51. The number of carbonyl (C=O) groups is 2. The summed E-state index contributed by atoms with van der Waals surface area (Å²) in [6, 6.07) is 11.1. The first kappa shape index (κ1) is 17.9. The molecule has 148 valence electrons. The molecule has 3 aromatic rings. The number of piperidine rings is 1. The number of nitrogens with one attached hydrogen (secondary N) is 1. The van der Waals surface area contributed by atoms with Crippen LogP contribution in [-0.4, -0.2) is 44.4 Å². The van der Waals surface area contributed by atoms with E-state index in [0.29, 0.717) is 17.7 Å². The summed E-state index contributed by atoms with van der Waals surface area (Å²) in [6.07, 6.45) is 3.21. The van der Waals surface area contributed by atoms with Crippen molar-refractivity contribution in [3.8, 4) is 0 Å². The molecule has 0 spiro atoms. The van der Waals surface area contributed by atoms with Gasteiger partial charge in [0.2, 0.25) is 0 Å². The van der Waals surface area contributed by atoms with E-state index in [9.17, 15) is 14.7 Å². The quantitative estimate of drug-likeness (QED) is 0.701. The summed E-state index contributed by atoms with van der Waals surface area (Å²) in [4.78, 5) is 34.2. The van der Waals surface area contributed by atoms with E-state index in [0.717, 1.165) is 35.0 Å². The van der Waals surface area contributed by atoms with Crippen LogP contribution in [0.1, 0.15) is 52.1 Å². The second kappa shape index (κ2) is 6.17. The highest BCUT2D eigenvalue weighted by atomic mass is 16.4. The third kappa shape index (κ3) is 2.58. The number of fused-ring (bicyclic) bond motifs is 5. The molecule has 5 rings (SSSR count). The molecule has 0 radical (unpaired) electrons. The molecular weight excluding hydrogens is 366 g/mol. The summed E-state index contributed by atoms with van der Waals surface area (Å²) in [7, 11) is 0. The maximum Gasteiger partial charge on any atom is 0.335 e. The Morgan fingerprint density at radius 2 is 2.00 bits per heavy atom. The average molecular weight is 389 g/mol. The van der Waals surface area contributed by atoms with Gasteiger partial charge in [0.15, 0.2) is 0 Å². The molecule has 3 atom stereocenters.